The van der Waals surface area contributed by atoms with Crippen molar-refractivity contribution in [2.45, 2.75) is 18.9 Å². The lowest BCUT2D eigenvalue weighted by Gasteiger charge is -2.14. The summed E-state index contributed by atoms with van der Waals surface area (Å²) >= 11 is 0. The SMILES string of the molecule is COC(=O)CC[C@@H](NCC(=O)OC)C(=O)OC. The summed E-state index contributed by atoms with van der Waals surface area (Å²) in [6, 6.07) is -0.738. The van der Waals surface area contributed by atoms with Gasteiger partial charge in [-0.05, 0) is 6.42 Å². The van der Waals surface area contributed by atoms with Crippen LogP contribution in [-0.2, 0) is 28.6 Å². The average Bonchev–Trinajstić information content (AvgIpc) is 2.36. The lowest BCUT2D eigenvalue weighted by molar-refractivity contribution is -0.145. The first-order valence-corrected chi connectivity index (χ1v) is 5.00. The van der Waals surface area contributed by atoms with Gasteiger partial charge in [-0.3, -0.25) is 19.7 Å². The number of rotatable bonds is 7. The maximum Gasteiger partial charge on any atom is 0.322 e. The van der Waals surface area contributed by atoms with E-state index in [2.05, 4.69) is 19.5 Å². The van der Waals surface area contributed by atoms with Gasteiger partial charge >= 0.3 is 17.9 Å². The predicted octanol–water partition coefficient (Wildman–Crippen LogP) is -0.756. The predicted molar refractivity (Wildman–Crippen MR) is 57.1 cm³/mol. The van der Waals surface area contributed by atoms with E-state index in [1.807, 2.05) is 0 Å². The van der Waals surface area contributed by atoms with Crippen LogP contribution in [0.3, 0.4) is 0 Å². The first-order valence-electron chi connectivity index (χ1n) is 5.00. The van der Waals surface area contributed by atoms with Crippen LogP contribution in [0.4, 0.5) is 0 Å². The Morgan fingerprint density at radius 2 is 1.59 bits per heavy atom. The molecule has 0 aliphatic heterocycles. The zero-order valence-electron chi connectivity index (χ0n) is 10.1. The topological polar surface area (TPSA) is 90.9 Å². The van der Waals surface area contributed by atoms with E-state index in [0.717, 1.165) is 0 Å². The first-order chi connectivity index (χ1) is 8.04. The standard InChI is InChI=1S/C10H17NO6/c1-15-8(12)5-4-7(10(14)17-3)11-6-9(13)16-2/h7,11H,4-6H2,1-3H3/t7-/m1/s1. The van der Waals surface area contributed by atoms with Crippen LogP contribution in [0.5, 0.6) is 0 Å². The Morgan fingerprint density at radius 1 is 1.00 bits per heavy atom. The minimum absolute atomic E-state index is 0.0600. The average molecular weight is 247 g/mol. The lowest BCUT2D eigenvalue weighted by atomic mass is 10.1. The molecule has 0 rings (SSSR count). The third-order valence-electron chi connectivity index (χ3n) is 2.07. The fraction of sp³-hybridized carbons (Fsp3) is 0.700. The summed E-state index contributed by atoms with van der Waals surface area (Å²) in [5, 5.41) is 2.64. The van der Waals surface area contributed by atoms with Crippen LogP contribution in [0.2, 0.25) is 0 Å². The van der Waals surface area contributed by atoms with Crippen LogP contribution in [0.25, 0.3) is 0 Å². The van der Waals surface area contributed by atoms with E-state index in [-0.39, 0.29) is 19.4 Å². The molecule has 0 spiro atoms. The van der Waals surface area contributed by atoms with E-state index in [1.165, 1.54) is 21.3 Å². The highest BCUT2D eigenvalue weighted by Gasteiger charge is 2.21. The molecular weight excluding hydrogens is 230 g/mol. The molecule has 0 aromatic rings. The summed E-state index contributed by atoms with van der Waals surface area (Å²) in [7, 11) is 3.73. The number of carbonyl (C=O) groups is 3. The van der Waals surface area contributed by atoms with Crippen LogP contribution in [0.15, 0.2) is 0 Å². The van der Waals surface area contributed by atoms with Crippen LogP contribution in [0, 0.1) is 0 Å². The van der Waals surface area contributed by atoms with Gasteiger partial charge in [-0.1, -0.05) is 0 Å². The van der Waals surface area contributed by atoms with Crippen molar-refractivity contribution >= 4 is 17.9 Å². The van der Waals surface area contributed by atoms with Gasteiger partial charge in [-0.25, -0.2) is 0 Å². The van der Waals surface area contributed by atoms with Gasteiger partial charge in [0, 0.05) is 6.42 Å². The molecule has 0 aliphatic rings. The van der Waals surface area contributed by atoms with Crippen molar-refractivity contribution in [2.75, 3.05) is 27.9 Å². The summed E-state index contributed by atoms with van der Waals surface area (Å²) in [5.74, 6) is -1.48. The van der Waals surface area contributed by atoms with Gasteiger partial charge in [-0.2, -0.15) is 0 Å². The molecule has 98 valence electrons. The molecule has 0 unspecified atom stereocenters. The molecule has 0 heterocycles. The fourth-order valence-electron chi connectivity index (χ4n) is 1.09. The summed E-state index contributed by atoms with van der Waals surface area (Å²) in [4.78, 5) is 33.1. The second-order valence-electron chi connectivity index (χ2n) is 3.15. The molecule has 0 amide bonds. The lowest BCUT2D eigenvalue weighted by Crippen LogP contribution is -2.41. The van der Waals surface area contributed by atoms with Crippen molar-refractivity contribution in [3.8, 4) is 0 Å². The smallest absolute Gasteiger partial charge is 0.322 e. The van der Waals surface area contributed by atoms with Crippen molar-refractivity contribution in [3.63, 3.8) is 0 Å². The summed E-state index contributed by atoms with van der Waals surface area (Å²) < 4.78 is 13.4. The molecular formula is C10H17NO6. The monoisotopic (exact) mass is 247 g/mol. The molecule has 0 aliphatic carbocycles. The number of hydrogen-bond acceptors (Lipinski definition) is 7. The van der Waals surface area contributed by atoms with Crippen LogP contribution >= 0.6 is 0 Å². The molecule has 0 fully saturated rings. The third kappa shape index (κ3) is 6.52. The minimum atomic E-state index is -0.738. The van der Waals surface area contributed by atoms with Gasteiger partial charge in [0.05, 0.1) is 27.9 Å². The van der Waals surface area contributed by atoms with Gasteiger partial charge in [0.25, 0.3) is 0 Å². The van der Waals surface area contributed by atoms with E-state index in [0.29, 0.717) is 0 Å². The number of esters is 3. The maximum absolute atomic E-state index is 11.3. The van der Waals surface area contributed by atoms with E-state index < -0.39 is 23.9 Å². The van der Waals surface area contributed by atoms with E-state index >= 15 is 0 Å². The Kier molecular flexibility index (Phi) is 7.70. The van der Waals surface area contributed by atoms with Crippen molar-refractivity contribution in [3.05, 3.63) is 0 Å². The van der Waals surface area contributed by atoms with Gasteiger partial charge < -0.3 is 14.2 Å². The number of carbonyl (C=O) groups excluding carboxylic acids is 3. The molecule has 0 saturated carbocycles. The molecule has 7 heteroatoms. The van der Waals surface area contributed by atoms with Crippen molar-refractivity contribution in [1.29, 1.82) is 0 Å². The van der Waals surface area contributed by atoms with Crippen LogP contribution < -0.4 is 5.32 Å². The molecule has 0 aromatic heterocycles. The molecule has 0 radical (unpaired) electrons. The van der Waals surface area contributed by atoms with Crippen molar-refractivity contribution in [2.24, 2.45) is 0 Å². The molecule has 17 heavy (non-hydrogen) atoms. The summed E-state index contributed by atoms with van der Waals surface area (Å²) in [6.07, 6.45) is 0.251. The maximum atomic E-state index is 11.3. The second kappa shape index (κ2) is 8.51. The molecule has 1 atom stereocenters. The quantitative estimate of drug-likeness (QED) is 0.467. The second-order valence-corrected chi connectivity index (χ2v) is 3.15. The Labute approximate surface area is 99.4 Å². The zero-order chi connectivity index (χ0) is 13.3. The normalized spacial score (nSPS) is 11.5. The largest absolute Gasteiger partial charge is 0.469 e. The Morgan fingerprint density at radius 3 is 2.06 bits per heavy atom. The van der Waals surface area contributed by atoms with E-state index in [9.17, 15) is 14.4 Å². The molecule has 1 N–H and O–H groups in total. The van der Waals surface area contributed by atoms with E-state index in [1.54, 1.807) is 0 Å². The number of ether oxygens (including phenoxy) is 3. The van der Waals surface area contributed by atoms with Gasteiger partial charge in [0.2, 0.25) is 0 Å². The van der Waals surface area contributed by atoms with Gasteiger partial charge in [-0.15, -0.1) is 0 Å². The third-order valence-corrected chi connectivity index (χ3v) is 2.07. The number of nitrogens with one attached hydrogen (secondary N) is 1. The highest BCUT2D eigenvalue weighted by Crippen LogP contribution is 2.01. The first kappa shape index (κ1) is 15.4. The van der Waals surface area contributed by atoms with E-state index in [4.69, 9.17) is 0 Å². The Hall–Kier alpha value is -1.63. The van der Waals surface area contributed by atoms with Crippen molar-refractivity contribution < 1.29 is 28.6 Å². The van der Waals surface area contributed by atoms with Gasteiger partial charge in [0.1, 0.15) is 6.04 Å². The summed E-state index contributed by atoms with van der Waals surface area (Å²) in [5.41, 5.74) is 0. The number of methoxy groups -OCH3 is 3. The van der Waals surface area contributed by atoms with Crippen molar-refractivity contribution in [1.82, 2.24) is 5.32 Å². The van der Waals surface area contributed by atoms with Gasteiger partial charge in [0.15, 0.2) is 0 Å². The highest BCUT2D eigenvalue weighted by molar-refractivity contribution is 5.78. The molecule has 0 aromatic carbocycles. The Balaban J connectivity index is 4.19. The molecule has 0 saturated heterocycles. The highest BCUT2D eigenvalue weighted by atomic mass is 16.5. The minimum Gasteiger partial charge on any atom is -0.469 e. The summed E-state index contributed by atoms with van der Waals surface area (Å²) in [6.45, 7) is -0.128. The fourth-order valence-corrected chi connectivity index (χ4v) is 1.09. The van der Waals surface area contributed by atoms with Crippen LogP contribution in [0.1, 0.15) is 12.8 Å². The molecule has 7 nitrogen and oxygen atoms in total. The zero-order valence-corrected chi connectivity index (χ0v) is 10.1. The van der Waals surface area contributed by atoms with Crippen LogP contribution in [-0.4, -0.2) is 51.8 Å². The number of hydrogen-bond donors (Lipinski definition) is 1. The Bertz CT molecular complexity index is 258. The molecule has 0 bridgehead atoms.